The molecule has 0 radical (unpaired) electrons. The molecular weight excluding hydrogens is 267 g/mol. The zero-order valence-electron chi connectivity index (χ0n) is 11.3. The van der Waals surface area contributed by atoms with Crippen LogP contribution in [0.15, 0.2) is 28.9 Å². The van der Waals surface area contributed by atoms with Crippen LogP contribution in [0.25, 0.3) is 0 Å². The number of hydrogen-bond donors (Lipinski definition) is 1. The molecule has 108 valence electrons. The molecule has 0 aliphatic heterocycles. The lowest BCUT2D eigenvalue weighted by Crippen LogP contribution is -2.24. The fraction of sp³-hybridized carbons (Fsp3) is 0.333. The van der Waals surface area contributed by atoms with Gasteiger partial charge in [-0.2, -0.15) is 0 Å². The van der Waals surface area contributed by atoms with Crippen LogP contribution in [0.2, 0.25) is 0 Å². The Labute approximate surface area is 115 Å². The van der Waals surface area contributed by atoms with Gasteiger partial charge in [0.15, 0.2) is 11.6 Å². The highest BCUT2D eigenvalue weighted by atomic mass is 19.2. The number of furan rings is 1. The standard InChI is InChI=1S/C15H16F3NO/c1-3-4-19-15(10-5-9(2)20-8-10)11-6-13(17)14(18)7-12(11)16/h5-8,15,19H,3-4H2,1-2H3. The van der Waals surface area contributed by atoms with E-state index in [1.165, 1.54) is 6.26 Å². The Morgan fingerprint density at radius 1 is 1.10 bits per heavy atom. The van der Waals surface area contributed by atoms with Gasteiger partial charge in [-0.25, -0.2) is 13.2 Å². The summed E-state index contributed by atoms with van der Waals surface area (Å²) in [5.41, 5.74) is 0.749. The third-order valence-corrected chi connectivity index (χ3v) is 3.03. The van der Waals surface area contributed by atoms with Crippen LogP contribution >= 0.6 is 0 Å². The third-order valence-electron chi connectivity index (χ3n) is 3.03. The lowest BCUT2D eigenvalue weighted by atomic mass is 9.99. The summed E-state index contributed by atoms with van der Waals surface area (Å²) in [6.07, 6.45) is 2.32. The van der Waals surface area contributed by atoms with Crippen LogP contribution < -0.4 is 5.32 Å². The number of halogens is 3. The molecule has 0 saturated heterocycles. The Morgan fingerprint density at radius 3 is 2.40 bits per heavy atom. The summed E-state index contributed by atoms with van der Waals surface area (Å²) in [7, 11) is 0. The average molecular weight is 283 g/mol. The normalized spacial score (nSPS) is 12.7. The van der Waals surface area contributed by atoms with Gasteiger partial charge in [-0.3, -0.25) is 0 Å². The number of aryl methyl sites for hydroxylation is 1. The highest BCUT2D eigenvalue weighted by Gasteiger charge is 2.21. The Morgan fingerprint density at radius 2 is 1.80 bits per heavy atom. The Hall–Kier alpha value is -1.75. The van der Waals surface area contributed by atoms with Crippen LogP contribution in [0.5, 0.6) is 0 Å². The molecule has 1 unspecified atom stereocenters. The van der Waals surface area contributed by atoms with E-state index in [2.05, 4.69) is 5.32 Å². The molecule has 1 atom stereocenters. The van der Waals surface area contributed by atoms with Crippen molar-refractivity contribution in [2.45, 2.75) is 26.3 Å². The second-order valence-electron chi connectivity index (χ2n) is 4.67. The fourth-order valence-electron chi connectivity index (χ4n) is 2.07. The van der Waals surface area contributed by atoms with Gasteiger partial charge in [-0.05, 0) is 32.0 Å². The highest BCUT2D eigenvalue weighted by molar-refractivity contribution is 5.32. The van der Waals surface area contributed by atoms with Gasteiger partial charge in [-0.1, -0.05) is 6.92 Å². The Kier molecular flexibility index (Phi) is 4.49. The number of nitrogens with one attached hydrogen (secondary N) is 1. The van der Waals surface area contributed by atoms with Crippen molar-refractivity contribution in [2.75, 3.05) is 6.54 Å². The first kappa shape index (κ1) is 14.7. The summed E-state index contributed by atoms with van der Waals surface area (Å²) >= 11 is 0. The molecule has 0 bridgehead atoms. The van der Waals surface area contributed by atoms with Crippen molar-refractivity contribution >= 4 is 0 Å². The summed E-state index contributed by atoms with van der Waals surface area (Å²) < 4.78 is 45.5. The summed E-state index contributed by atoms with van der Waals surface area (Å²) in [5.74, 6) is -2.36. The molecule has 2 rings (SSSR count). The first-order valence-corrected chi connectivity index (χ1v) is 6.45. The zero-order valence-corrected chi connectivity index (χ0v) is 11.3. The molecular formula is C15H16F3NO. The van der Waals surface area contributed by atoms with Crippen LogP contribution in [0.3, 0.4) is 0 Å². The minimum Gasteiger partial charge on any atom is -0.469 e. The van der Waals surface area contributed by atoms with E-state index in [-0.39, 0.29) is 5.56 Å². The highest BCUT2D eigenvalue weighted by Crippen LogP contribution is 2.27. The fourth-order valence-corrected chi connectivity index (χ4v) is 2.07. The maximum Gasteiger partial charge on any atom is 0.161 e. The van der Waals surface area contributed by atoms with Crippen molar-refractivity contribution in [3.8, 4) is 0 Å². The van der Waals surface area contributed by atoms with Crippen molar-refractivity contribution in [1.82, 2.24) is 5.32 Å². The second-order valence-corrected chi connectivity index (χ2v) is 4.67. The lowest BCUT2D eigenvalue weighted by Gasteiger charge is -2.18. The van der Waals surface area contributed by atoms with E-state index in [0.29, 0.717) is 23.9 Å². The van der Waals surface area contributed by atoms with Crippen molar-refractivity contribution < 1.29 is 17.6 Å². The summed E-state index contributed by atoms with van der Waals surface area (Å²) in [5, 5.41) is 3.11. The molecule has 1 aromatic carbocycles. The molecule has 0 aliphatic carbocycles. The van der Waals surface area contributed by atoms with Crippen LogP contribution in [0, 0.1) is 24.4 Å². The maximum atomic E-state index is 13.9. The summed E-state index contributed by atoms with van der Waals surface area (Å²) in [4.78, 5) is 0. The zero-order chi connectivity index (χ0) is 14.7. The van der Waals surface area contributed by atoms with Gasteiger partial charge in [0.1, 0.15) is 11.6 Å². The predicted molar refractivity (Wildman–Crippen MR) is 69.9 cm³/mol. The van der Waals surface area contributed by atoms with Gasteiger partial charge < -0.3 is 9.73 Å². The molecule has 1 aromatic heterocycles. The topological polar surface area (TPSA) is 25.2 Å². The lowest BCUT2D eigenvalue weighted by molar-refractivity contribution is 0.477. The first-order valence-electron chi connectivity index (χ1n) is 6.45. The summed E-state index contributed by atoms with van der Waals surface area (Å²) in [6.45, 7) is 4.35. The van der Waals surface area contributed by atoms with Gasteiger partial charge in [0.2, 0.25) is 0 Å². The van der Waals surface area contributed by atoms with E-state index in [0.717, 1.165) is 12.5 Å². The van der Waals surface area contributed by atoms with Gasteiger partial charge in [0, 0.05) is 17.2 Å². The van der Waals surface area contributed by atoms with E-state index >= 15 is 0 Å². The second kappa shape index (κ2) is 6.13. The number of benzene rings is 1. The molecule has 0 amide bonds. The predicted octanol–water partition coefficient (Wildman–Crippen LogP) is 4.09. The third kappa shape index (κ3) is 3.04. The SMILES string of the molecule is CCCNC(c1coc(C)c1)c1cc(F)c(F)cc1F. The molecule has 0 aliphatic rings. The number of hydrogen-bond acceptors (Lipinski definition) is 2. The molecule has 2 nitrogen and oxygen atoms in total. The van der Waals surface area contributed by atoms with Gasteiger partial charge in [0.25, 0.3) is 0 Å². The van der Waals surface area contributed by atoms with Crippen molar-refractivity contribution in [3.63, 3.8) is 0 Å². The molecule has 20 heavy (non-hydrogen) atoms. The van der Waals surface area contributed by atoms with E-state index in [4.69, 9.17) is 4.42 Å². The van der Waals surface area contributed by atoms with Crippen molar-refractivity contribution in [3.05, 3.63) is 58.8 Å². The maximum absolute atomic E-state index is 13.9. The van der Waals surface area contributed by atoms with Gasteiger partial charge in [0.05, 0.1) is 12.3 Å². The van der Waals surface area contributed by atoms with Crippen LogP contribution in [-0.4, -0.2) is 6.54 Å². The van der Waals surface area contributed by atoms with Crippen LogP contribution in [0.4, 0.5) is 13.2 Å². The van der Waals surface area contributed by atoms with E-state index in [1.807, 2.05) is 6.92 Å². The Balaban J connectivity index is 2.43. The largest absolute Gasteiger partial charge is 0.469 e. The number of rotatable bonds is 5. The molecule has 1 heterocycles. The Bertz CT molecular complexity index is 595. The molecule has 0 fully saturated rings. The molecule has 5 heteroatoms. The van der Waals surface area contributed by atoms with E-state index in [1.54, 1.807) is 13.0 Å². The molecule has 2 aromatic rings. The minimum atomic E-state index is -1.19. The summed E-state index contributed by atoms with van der Waals surface area (Å²) in [6, 6.07) is 2.63. The minimum absolute atomic E-state index is 0.0677. The van der Waals surface area contributed by atoms with E-state index < -0.39 is 23.5 Å². The molecule has 0 saturated carbocycles. The van der Waals surface area contributed by atoms with Gasteiger partial charge in [-0.15, -0.1) is 0 Å². The van der Waals surface area contributed by atoms with Crippen molar-refractivity contribution in [2.24, 2.45) is 0 Å². The quantitative estimate of drug-likeness (QED) is 0.836. The van der Waals surface area contributed by atoms with Gasteiger partial charge >= 0.3 is 0 Å². The van der Waals surface area contributed by atoms with Crippen LogP contribution in [-0.2, 0) is 0 Å². The van der Waals surface area contributed by atoms with Crippen molar-refractivity contribution in [1.29, 1.82) is 0 Å². The molecule has 0 spiro atoms. The average Bonchev–Trinajstić information content (AvgIpc) is 2.82. The molecule has 1 N–H and O–H groups in total. The van der Waals surface area contributed by atoms with E-state index in [9.17, 15) is 13.2 Å². The monoisotopic (exact) mass is 283 g/mol. The smallest absolute Gasteiger partial charge is 0.161 e. The van der Waals surface area contributed by atoms with Crippen LogP contribution in [0.1, 0.15) is 36.3 Å². The first-order chi connectivity index (χ1) is 9.52.